The zero-order valence-corrected chi connectivity index (χ0v) is 16.2. The van der Waals surface area contributed by atoms with Crippen LogP contribution in [-0.2, 0) is 6.42 Å². The van der Waals surface area contributed by atoms with Crippen molar-refractivity contribution in [2.75, 3.05) is 0 Å². The molecule has 0 spiro atoms. The summed E-state index contributed by atoms with van der Waals surface area (Å²) in [5.74, 6) is 0.672. The molecule has 2 aromatic rings. The van der Waals surface area contributed by atoms with E-state index in [9.17, 15) is 4.79 Å². The molecule has 26 heavy (non-hydrogen) atoms. The number of amides is 1. The first-order chi connectivity index (χ1) is 12.2. The molecule has 0 aliphatic heterocycles. The maximum absolute atomic E-state index is 11.2. The molecule has 0 saturated heterocycles. The van der Waals surface area contributed by atoms with E-state index in [1.54, 1.807) is 0 Å². The molecule has 1 aliphatic carbocycles. The van der Waals surface area contributed by atoms with Gasteiger partial charge in [-0.3, -0.25) is 0 Å². The zero-order chi connectivity index (χ0) is 19.1. The van der Waals surface area contributed by atoms with Gasteiger partial charge in [0, 0.05) is 0 Å². The van der Waals surface area contributed by atoms with E-state index in [0.717, 1.165) is 23.1 Å². The number of carboxylic acid groups (broad SMARTS) is 1. The van der Waals surface area contributed by atoms with Crippen LogP contribution in [0.25, 0.3) is 11.1 Å². The number of hydrogen-bond donors (Lipinski definition) is 2. The standard InChI is InChI=1S/C21H24ClNO3/c1-12(2)26-18-10-14(6-8-17(18)22)13-5-7-16-15(9-13)11-21(3,4)19(16)23-20(24)25/h5-10,12,19,23H,11H2,1-4H3,(H,24,25)/t19-/m0/s1. The second-order valence-electron chi connectivity index (χ2n) is 7.77. The second-order valence-corrected chi connectivity index (χ2v) is 8.18. The smallest absolute Gasteiger partial charge is 0.405 e. The van der Waals surface area contributed by atoms with E-state index < -0.39 is 6.09 Å². The third-order valence-electron chi connectivity index (χ3n) is 4.78. The number of carbonyl (C=O) groups is 1. The third-order valence-corrected chi connectivity index (χ3v) is 5.09. The Labute approximate surface area is 159 Å². The molecule has 0 heterocycles. The first-order valence-electron chi connectivity index (χ1n) is 8.76. The number of fused-ring (bicyclic) bond motifs is 1. The Morgan fingerprint density at radius 3 is 2.54 bits per heavy atom. The molecule has 0 unspecified atom stereocenters. The minimum Gasteiger partial charge on any atom is -0.489 e. The number of ether oxygens (including phenoxy) is 1. The lowest BCUT2D eigenvalue weighted by Gasteiger charge is -2.27. The van der Waals surface area contributed by atoms with Crippen LogP contribution in [0.5, 0.6) is 5.75 Å². The van der Waals surface area contributed by atoms with E-state index >= 15 is 0 Å². The molecule has 3 rings (SSSR count). The summed E-state index contributed by atoms with van der Waals surface area (Å²) in [6.07, 6.45) is -0.121. The quantitative estimate of drug-likeness (QED) is 0.724. The maximum atomic E-state index is 11.2. The van der Waals surface area contributed by atoms with Gasteiger partial charge in [-0.15, -0.1) is 0 Å². The van der Waals surface area contributed by atoms with Crippen LogP contribution in [0.15, 0.2) is 36.4 Å². The molecule has 1 atom stereocenters. The topological polar surface area (TPSA) is 58.6 Å². The van der Waals surface area contributed by atoms with E-state index in [1.165, 1.54) is 5.56 Å². The van der Waals surface area contributed by atoms with Crippen LogP contribution in [0, 0.1) is 5.41 Å². The van der Waals surface area contributed by atoms with Gasteiger partial charge in [0.15, 0.2) is 0 Å². The van der Waals surface area contributed by atoms with E-state index in [1.807, 2.05) is 44.2 Å². The molecule has 0 radical (unpaired) electrons. The van der Waals surface area contributed by atoms with E-state index in [2.05, 4.69) is 25.2 Å². The van der Waals surface area contributed by atoms with Crippen molar-refractivity contribution in [1.82, 2.24) is 5.32 Å². The molecule has 1 aliphatic rings. The van der Waals surface area contributed by atoms with Crippen LogP contribution in [0.3, 0.4) is 0 Å². The summed E-state index contributed by atoms with van der Waals surface area (Å²) >= 11 is 6.24. The van der Waals surface area contributed by atoms with Crippen molar-refractivity contribution >= 4 is 17.7 Å². The van der Waals surface area contributed by atoms with Gasteiger partial charge in [-0.2, -0.15) is 0 Å². The molecule has 4 nitrogen and oxygen atoms in total. The Morgan fingerprint density at radius 2 is 1.88 bits per heavy atom. The largest absolute Gasteiger partial charge is 0.489 e. The summed E-state index contributed by atoms with van der Waals surface area (Å²) in [6.45, 7) is 8.11. The fourth-order valence-corrected chi connectivity index (χ4v) is 3.82. The highest BCUT2D eigenvalue weighted by Crippen LogP contribution is 2.46. The van der Waals surface area contributed by atoms with Crippen molar-refractivity contribution in [3.63, 3.8) is 0 Å². The number of hydrogen-bond acceptors (Lipinski definition) is 2. The van der Waals surface area contributed by atoms with Gasteiger partial charge in [0.05, 0.1) is 17.2 Å². The fraction of sp³-hybridized carbons (Fsp3) is 0.381. The van der Waals surface area contributed by atoms with Crippen LogP contribution < -0.4 is 10.1 Å². The normalized spacial score (nSPS) is 17.8. The summed E-state index contributed by atoms with van der Waals surface area (Å²) < 4.78 is 5.79. The minimum atomic E-state index is -0.992. The van der Waals surface area contributed by atoms with Gasteiger partial charge < -0.3 is 15.2 Å². The van der Waals surface area contributed by atoms with E-state index in [0.29, 0.717) is 10.8 Å². The average molecular weight is 374 g/mol. The van der Waals surface area contributed by atoms with Crippen LogP contribution in [0.2, 0.25) is 5.02 Å². The van der Waals surface area contributed by atoms with Gasteiger partial charge in [-0.25, -0.2) is 4.79 Å². The highest BCUT2D eigenvalue weighted by atomic mass is 35.5. The van der Waals surface area contributed by atoms with Crippen molar-refractivity contribution < 1.29 is 14.6 Å². The van der Waals surface area contributed by atoms with Crippen molar-refractivity contribution in [2.24, 2.45) is 5.41 Å². The van der Waals surface area contributed by atoms with Gasteiger partial charge in [0.2, 0.25) is 0 Å². The minimum absolute atomic E-state index is 0.0476. The molecule has 138 valence electrons. The van der Waals surface area contributed by atoms with Crippen LogP contribution in [0.4, 0.5) is 4.79 Å². The first-order valence-corrected chi connectivity index (χ1v) is 9.14. The highest BCUT2D eigenvalue weighted by molar-refractivity contribution is 6.32. The highest BCUT2D eigenvalue weighted by Gasteiger charge is 2.39. The molecule has 1 amide bonds. The monoisotopic (exact) mass is 373 g/mol. The number of benzene rings is 2. The molecular formula is C21H24ClNO3. The number of halogens is 1. The Kier molecular flexibility index (Phi) is 4.89. The zero-order valence-electron chi connectivity index (χ0n) is 15.5. The lowest BCUT2D eigenvalue weighted by atomic mass is 9.85. The summed E-state index contributed by atoms with van der Waals surface area (Å²) in [7, 11) is 0. The van der Waals surface area contributed by atoms with Crippen LogP contribution in [0.1, 0.15) is 44.9 Å². The molecule has 0 bridgehead atoms. The second kappa shape index (κ2) is 6.84. The molecule has 5 heteroatoms. The Balaban J connectivity index is 1.97. The summed E-state index contributed by atoms with van der Waals surface area (Å²) in [5.41, 5.74) is 4.16. The maximum Gasteiger partial charge on any atom is 0.405 e. The number of rotatable bonds is 4. The summed E-state index contributed by atoms with van der Waals surface area (Å²) in [4.78, 5) is 11.2. The summed E-state index contributed by atoms with van der Waals surface area (Å²) in [6, 6.07) is 11.8. The summed E-state index contributed by atoms with van der Waals surface area (Å²) in [5, 5.41) is 12.4. The predicted octanol–water partition coefficient (Wildman–Crippen LogP) is 5.69. The van der Waals surface area contributed by atoms with Gasteiger partial charge >= 0.3 is 6.09 Å². The molecule has 2 N–H and O–H groups in total. The molecular weight excluding hydrogens is 350 g/mol. The van der Waals surface area contributed by atoms with Gasteiger partial charge in [0.1, 0.15) is 5.75 Å². The first kappa shape index (κ1) is 18.6. The van der Waals surface area contributed by atoms with Crippen LogP contribution >= 0.6 is 11.6 Å². The Morgan fingerprint density at radius 1 is 1.23 bits per heavy atom. The van der Waals surface area contributed by atoms with Gasteiger partial charge in [0.25, 0.3) is 0 Å². The number of nitrogens with one attached hydrogen (secondary N) is 1. The van der Waals surface area contributed by atoms with Crippen molar-refractivity contribution in [2.45, 2.75) is 46.3 Å². The molecule has 0 aromatic heterocycles. The predicted molar refractivity (Wildman–Crippen MR) is 104 cm³/mol. The van der Waals surface area contributed by atoms with Crippen molar-refractivity contribution in [3.05, 3.63) is 52.5 Å². The van der Waals surface area contributed by atoms with E-state index in [-0.39, 0.29) is 17.6 Å². The van der Waals surface area contributed by atoms with Gasteiger partial charge in [-0.05, 0) is 60.1 Å². The fourth-order valence-electron chi connectivity index (χ4n) is 3.66. The molecule has 2 aromatic carbocycles. The Hall–Kier alpha value is -2.20. The SMILES string of the molecule is CC(C)Oc1cc(-c2ccc3c(c2)CC(C)(C)[C@H]3NC(=O)O)ccc1Cl. The third kappa shape index (κ3) is 3.65. The lowest BCUT2D eigenvalue weighted by Crippen LogP contribution is -2.34. The molecule has 0 saturated carbocycles. The average Bonchev–Trinajstić information content (AvgIpc) is 2.78. The van der Waals surface area contributed by atoms with Crippen LogP contribution in [-0.4, -0.2) is 17.3 Å². The van der Waals surface area contributed by atoms with E-state index in [4.69, 9.17) is 21.4 Å². The van der Waals surface area contributed by atoms with Gasteiger partial charge in [-0.1, -0.05) is 49.7 Å². The van der Waals surface area contributed by atoms with Crippen molar-refractivity contribution in [1.29, 1.82) is 0 Å². The lowest BCUT2D eigenvalue weighted by molar-refractivity contribution is 0.175. The Bertz CT molecular complexity index is 845. The van der Waals surface area contributed by atoms with Crippen molar-refractivity contribution in [3.8, 4) is 16.9 Å². The molecule has 0 fully saturated rings.